The number of Topliss-reactive ketones (excluding diaryl/α,β-unsaturated/α-hetero) is 1. The second-order valence-corrected chi connectivity index (χ2v) is 5.28. The first-order valence-corrected chi connectivity index (χ1v) is 6.42. The van der Waals surface area contributed by atoms with E-state index in [4.69, 9.17) is 16.3 Å². The number of carbonyl (C=O) groups is 1. The average molecular weight is 272 g/mol. The van der Waals surface area contributed by atoms with Gasteiger partial charge in [0.15, 0.2) is 5.78 Å². The Morgan fingerprint density at radius 2 is 2.50 bits per heavy atom. The van der Waals surface area contributed by atoms with Gasteiger partial charge in [0, 0.05) is 19.1 Å². The van der Waals surface area contributed by atoms with E-state index < -0.39 is 0 Å². The Bertz CT molecular complexity index is 439. The minimum Gasteiger partial charge on any atom is -0.383 e. The number of nitrogens with one attached hydrogen (secondary N) is 1. The summed E-state index contributed by atoms with van der Waals surface area (Å²) in [6.07, 6.45) is 2.35. The molecule has 0 bridgehead atoms. The number of ketones is 1. The smallest absolute Gasteiger partial charge is 0.189 e. The van der Waals surface area contributed by atoms with Crippen LogP contribution in [-0.2, 0) is 11.3 Å². The molecule has 100 valence electrons. The van der Waals surface area contributed by atoms with Gasteiger partial charge in [0.05, 0.1) is 24.4 Å². The van der Waals surface area contributed by atoms with Crippen molar-refractivity contribution in [2.45, 2.75) is 19.9 Å². The molecule has 0 amide bonds. The Hall–Kier alpha value is -0.910. The van der Waals surface area contributed by atoms with Crippen LogP contribution in [0, 0.1) is 5.41 Å². The van der Waals surface area contributed by atoms with Gasteiger partial charge >= 0.3 is 0 Å². The van der Waals surface area contributed by atoms with Crippen LogP contribution in [0.3, 0.4) is 0 Å². The van der Waals surface area contributed by atoms with E-state index in [0.717, 1.165) is 13.0 Å². The van der Waals surface area contributed by atoms with Crippen LogP contribution < -0.4 is 5.32 Å². The molecule has 1 fully saturated rings. The van der Waals surface area contributed by atoms with E-state index in [-0.39, 0.29) is 11.2 Å². The second kappa shape index (κ2) is 5.38. The van der Waals surface area contributed by atoms with E-state index in [1.807, 2.05) is 6.92 Å². The van der Waals surface area contributed by atoms with Gasteiger partial charge in [0.1, 0.15) is 5.69 Å². The van der Waals surface area contributed by atoms with Gasteiger partial charge in [-0.2, -0.15) is 5.10 Å². The van der Waals surface area contributed by atoms with Crippen LogP contribution in [0.5, 0.6) is 0 Å². The van der Waals surface area contributed by atoms with Crippen LogP contribution >= 0.6 is 11.6 Å². The topological polar surface area (TPSA) is 56.2 Å². The van der Waals surface area contributed by atoms with Gasteiger partial charge in [-0.1, -0.05) is 18.5 Å². The number of nitrogens with zero attached hydrogens (tertiary/aromatic N) is 2. The number of carbonyl (C=O) groups excluding carboxylic acids is 1. The van der Waals surface area contributed by atoms with Crippen LogP contribution in [0.4, 0.5) is 0 Å². The van der Waals surface area contributed by atoms with E-state index >= 15 is 0 Å². The predicted molar refractivity (Wildman–Crippen MR) is 69.0 cm³/mol. The van der Waals surface area contributed by atoms with E-state index in [9.17, 15) is 4.79 Å². The monoisotopic (exact) mass is 271 g/mol. The molecule has 5 nitrogen and oxygen atoms in total. The Kier molecular flexibility index (Phi) is 4.04. The lowest BCUT2D eigenvalue weighted by atomic mass is 9.83. The van der Waals surface area contributed by atoms with Gasteiger partial charge in [-0.05, 0) is 13.0 Å². The van der Waals surface area contributed by atoms with Crippen LogP contribution in [0.1, 0.15) is 23.8 Å². The SMILES string of the molecule is COCCn1ncc(Cl)c1C(=O)C1(C)CCNC1. The molecule has 0 radical (unpaired) electrons. The second-order valence-electron chi connectivity index (χ2n) is 4.87. The molecule has 0 spiro atoms. The van der Waals surface area contributed by atoms with Gasteiger partial charge in [-0.3, -0.25) is 9.48 Å². The molecule has 1 saturated heterocycles. The van der Waals surface area contributed by atoms with Crippen molar-refractivity contribution in [3.05, 3.63) is 16.9 Å². The fourth-order valence-electron chi connectivity index (χ4n) is 2.23. The van der Waals surface area contributed by atoms with Crippen molar-refractivity contribution in [2.75, 3.05) is 26.8 Å². The highest BCUT2D eigenvalue weighted by atomic mass is 35.5. The van der Waals surface area contributed by atoms with Crippen LogP contribution in [0.25, 0.3) is 0 Å². The third-order valence-electron chi connectivity index (χ3n) is 3.43. The molecule has 1 aromatic rings. The van der Waals surface area contributed by atoms with Crippen molar-refractivity contribution >= 4 is 17.4 Å². The molecule has 2 heterocycles. The summed E-state index contributed by atoms with van der Waals surface area (Å²) in [5.41, 5.74) is 0.119. The molecule has 6 heteroatoms. The fraction of sp³-hybridized carbons (Fsp3) is 0.667. The van der Waals surface area contributed by atoms with Gasteiger partial charge in [-0.25, -0.2) is 0 Å². The van der Waals surface area contributed by atoms with E-state index in [0.29, 0.717) is 30.4 Å². The molecule has 0 saturated carbocycles. The number of rotatable bonds is 5. The van der Waals surface area contributed by atoms with E-state index in [1.54, 1.807) is 11.8 Å². The summed E-state index contributed by atoms with van der Waals surface area (Å²) < 4.78 is 6.65. The lowest BCUT2D eigenvalue weighted by molar-refractivity contribution is 0.0824. The predicted octanol–water partition coefficient (Wildman–Crippen LogP) is 1.37. The Labute approximate surface area is 111 Å². The zero-order chi connectivity index (χ0) is 13.2. The Morgan fingerprint density at radius 3 is 3.11 bits per heavy atom. The third-order valence-corrected chi connectivity index (χ3v) is 3.71. The van der Waals surface area contributed by atoms with Crippen LogP contribution in [0.15, 0.2) is 6.20 Å². The quantitative estimate of drug-likeness (QED) is 0.822. The zero-order valence-corrected chi connectivity index (χ0v) is 11.5. The molecule has 1 atom stereocenters. The highest BCUT2D eigenvalue weighted by Gasteiger charge is 2.39. The van der Waals surface area contributed by atoms with Gasteiger partial charge in [0.25, 0.3) is 0 Å². The number of methoxy groups -OCH3 is 1. The highest BCUT2D eigenvalue weighted by molar-refractivity contribution is 6.33. The molecule has 1 aromatic heterocycles. The van der Waals surface area contributed by atoms with Crippen LogP contribution in [0.2, 0.25) is 5.02 Å². The maximum absolute atomic E-state index is 12.6. The minimum atomic E-state index is -0.380. The van der Waals surface area contributed by atoms with Gasteiger partial charge in [-0.15, -0.1) is 0 Å². The molecular weight excluding hydrogens is 254 g/mol. The van der Waals surface area contributed by atoms with Crippen molar-refractivity contribution in [1.82, 2.24) is 15.1 Å². The first kappa shape index (κ1) is 13.5. The number of ether oxygens (including phenoxy) is 1. The fourth-order valence-corrected chi connectivity index (χ4v) is 2.46. The van der Waals surface area contributed by atoms with E-state index in [2.05, 4.69) is 10.4 Å². The molecular formula is C12H18ClN3O2. The summed E-state index contributed by atoms with van der Waals surface area (Å²) in [5.74, 6) is 0.0612. The molecule has 0 aliphatic carbocycles. The Morgan fingerprint density at radius 1 is 1.72 bits per heavy atom. The number of aromatic nitrogens is 2. The summed E-state index contributed by atoms with van der Waals surface area (Å²) in [5, 5.41) is 7.78. The maximum Gasteiger partial charge on any atom is 0.189 e. The molecule has 2 rings (SSSR count). The summed E-state index contributed by atoms with van der Waals surface area (Å²) in [6.45, 7) is 4.57. The molecule has 1 N–H and O–H groups in total. The molecule has 1 unspecified atom stereocenters. The van der Waals surface area contributed by atoms with Crippen molar-refractivity contribution < 1.29 is 9.53 Å². The van der Waals surface area contributed by atoms with Crippen molar-refractivity contribution in [3.63, 3.8) is 0 Å². The van der Waals surface area contributed by atoms with Crippen LogP contribution in [-0.4, -0.2) is 42.4 Å². The standard InChI is InChI=1S/C12H18ClN3O2/c1-12(3-4-14-8-12)11(17)10-9(13)7-15-16(10)5-6-18-2/h7,14H,3-6,8H2,1-2H3. The lowest BCUT2D eigenvalue weighted by Gasteiger charge is -2.21. The van der Waals surface area contributed by atoms with E-state index in [1.165, 1.54) is 6.20 Å². The molecule has 18 heavy (non-hydrogen) atoms. The van der Waals surface area contributed by atoms with Crippen molar-refractivity contribution in [2.24, 2.45) is 5.41 Å². The normalized spacial score (nSPS) is 23.5. The van der Waals surface area contributed by atoms with Crippen molar-refractivity contribution in [3.8, 4) is 0 Å². The minimum absolute atomic E-state index is 0.0612. The zero-order valence-electron chi connectivity index (χ0n) is 10.7. The summed E-state index contributed by atoms with van der Waals surface area (Å²) in [6, 6.07) is 0. The Balaban J connectivity index is 2.26. The number of halogens is 1. The molecule has 0 aromatic carbocycles. The van der Waals surface area contributed by atoms with Gasteiger partial charge < -0.3 is 10.1 Å². The first-order chi connectivity index (χ1) is 8.58. The lowest BCUT2D eigenvalue weighted by Crippen LogP contribution is -2.32. The summed E-state index contributed by atoms with van der Waals surface area (Å²) in [4.78, 5) is 12.6. The average Bonchev–Trinajstić information content (AvgIpc) is 2.93. The highest BCUT2D eigenvalue weighted by Crippen LogP contribution is 2.31. The number of hydrogen-bond donors (Lipinski definition) is 1. The molecule has 1 aliphatic heterocycles. The van der Waals surface area contributed by atoms with Gasteiger partial charge in [0.2, 0.25) is 0 Å². The number of hydrogen-bond acceptors (Lipinski definition) is 4. The maximum atomic E-state index is 12.6. The van der Waals surface area contributed by atoms with Crippen molar-refractivity contribution in [1.29, 1.82) is 0 Å². The largest absolute Gasteiger partial charge is 0.383 e. The summed E-state index contributed by atoms with van der Waals surface area (Å²) >= 11 is 6.09. The first-order valence-electron chi connectivity index (χ1n) is 6.04. The molecule has 1 aliphatic rings. The third kappa shape index (κ3) is 2.43. The summed E-state index contributed by atoms with van der Waals surface area (Å²) in [7, 11) is 1.62.